The minimum absolute atomic E-state index is 0. The van der Waals surface area contributed by atoms with Gasteiger partial charge in [0.25, 0.3) is 0 Å². The molecular formula is F6Na18O18Si6. The first kappa shape index (κ1) is 158. The molecule has 0 heterocycles. The molecule has 0 aliphatic carbocycles. The molecule has 0 aliphatic heterocycles. The molecular weight excluding hydrogens is 984 g/mol. The topological polar surface area (TPSA) is 415 Å². The first-order valence-electron chi connectivity index (χ1n) is 4.81. The summed E-state index contributed by atoms with van der Waals surface area (Å²) in [5, 5.41) is 0. The molecule has 18 nitrogen and oxygen atoms in total. The van der Waals surface area contributed by atoms with Crippen molar-refractivity contribution >= 4 is 54.8 Å². The van der Waals surface area contributed by atoms with E-state index in [9.17, 15) is 24.6 Å². The van der Waals surface area contributed by atoms with E-state index in [0.29, 0.717) is 0 Å². The third-order valence-corrected chi connectivity index (χ3v) is 0. The minimum atomic E-state index is -5.86. The van der Waals surface area contributed by atoms with E-state index in [1.165, 1.54) is 0 Å². The summed E-state index contributed by atoms with van der Waals surface area (Å²) in [4.78, 5) is 152. The molecule has 0 aromatic heterocycles. The van der Waals surface area contributed by atoms with Crippen molar-refractivity contribution in [2.24, 2.45) is 0 Å². The molecule has 192 valence electrons. The van der Waals surface area contributed by atoms with Gasteiger partial charge >= 0.3 is 532 Å². The van der Waals surface area contributed by atoms with Crippen LogP contribution in [0, 0.1) is 0 Å². The Balaban J connectivity index is -0.00000000609. The molecule has 0 atom stereocenters. The quantitative estimate of drug-likeness (QED) is 0.124. The maximum absolute atomic E-state index is 10.2. The van der Waals surface area contributed by atoms with E-state index in [4.69, 9.17) is 86.3 Å². The second-order valence-corrected chi connectivity index (χ2v) is 8.67. The monoisotopic (exact) mass is 984 g/mol. The molecule has 0 saturated carbocycles. The molecule has 0 unspecified atom stereocenters. The summed E-state index contributed by atoms with van der Waals surface area (Å²) in [6.07, 6.45) is 0. The Morgan fingerprint density at radius 2 is 0.146 bits per heavy atom. The van der Waals surface area contributed by atoms with E-state index in [0.717, 1.165) is 0 Å². The van der Waals surface area contributed by atoms with E-state index in [1.54, 1.807) is 0 Å². The Kier molecular flexibility index (Phi) is 301. The van der Waals surface area contributed by atoms with Crippen LogP contribution in [0.4, 0.5) is 24.6 Å². The van der Waals surface area contributed by atoms with Gasteiger partial charge in [-0.3, -0.25) is 0 Å². The summed E-state index contributed by atoms with van der Waals surface area (Å²) in [6.45, 7) is 0. The number of hydrogen-bond acceptors (Lipinski definition) is 18. The average molecular weight is 984 g/mol. The van der Waals surface area contributed by atoms with Gasteiger partial charge in [-0.2, -0.15) is 0 Å². The molecule has 0 bridgehead atoms. The zero-order valence-corrected chi connectivity index (χ0v) is 72.6. The van der Waals surface area contributed by atoms with Gasteiger partial charge in [0.2, 0.25) is 0 Å². The Morgan fingerprint density at radius 1 is 0.146 bits per heavy atom. The molecule has 0 saturated heterocycles. The van der Waals surface area contributed by atoms with Gasteiger partial charge in [-0.25, -0.2) is 0 Å². The number of rotatable bonds is 0. The van der Waals surface area contributed by atoms with Crippen molar-refractivity contribution in [3.63, 3.8) is 0 Å². The fourth-order valence-electron chi connectivity index (χ4n) is 0. The molecule has 0 aliphatic rings. The summed E-state index contributed by atoms with van der Waals surface area (Å²) >= 11 is 0. The van der Waals surface area contributed by atoms with E-state index in [2.05, 4.69) is 0 Å². The zero-order chi connectivity index (χ0) is 27.0. The molecule has 0 radical (unpaired) electrons. The summed E-state index contributed by atoms with van der Waals surface area (Å²) in [5.74, 6) is 0. The Bertz CT molecular complexity index is 273. The van der Waals surface area contributed by atoms with Crippen molar-refractivity contribution in [3.05, 3.63) is 0 Å². The fourth-order valence-corrected chi connectivity index (χ4v) is 0. The second-order valence-electron chi connectivity index (χ2n) is 2.89. The van der Waals surface area contributed by atoms with Gasteiger partial charge in [-0.05, 0) is 0 Å². The normalized spacial score (nSPS) is 7.50. The van der Waals surface area contributed by atoms with Gasteiger partial charge in [0.15, 0.2) is 0 Å². The minimum Gasteiger partial charge on any atom is -0.857 e. The van der Waals surface area contributed by atoms with Crippen molar-refractivity contribution in [1.82, 2.24) is 0 Å². The van der Waals surface area contributed by atoms with Crippen LogP contribution in [-0.4, -0.2) is 54.8 Å². The molecule has 0 aromatic carbocycles. The van der Waals surface area contributed by atoms with Crippen LogP contribution in [0.15, 0.2) is 0 Å². The Morgan fingerprint density at radius 3 is 0.146 bits per heavy atom. The predicted octanol–water partition coefficient (Wildman–Crippen LogP) is -75.1. The smallest absolute Gasteiger partial charge is 0.857 e. The van der Waals surface area contributed by atoms with E-state index in [1.807, 2.05) is 0 Å². The van der Waals surface area contributed by atoms with Gasteiger partial charge in [-0.15, -0.1) is 0 Å². The summed E-state index contributed by atoms with van der Waals surface area (Å²) in [5.41, 5.74) is 0. The zero-order valence-electron chi connectivity index (χ0n) is 30.6. The Hall–Kier alpha value is 18.2. The van der Waals surface area contributed by atoms with Gasteiger partial charge in [0, 0.05) is 0 Å². The van der Waals surface area contributed by atoms with Gasteiger partial charge < -0.3 is 111 Å². The first-order valence-corrected chi connectivity index (χ1v) is 14.4. The maximum Gasteiger partial charge on any atom is 1.00 e. The van der Waals surface area contributed by atoms with Crippen molar-refractivity contribution in [2.75, 3.05) is 0 Å². The summed E-state index contributed by atoms with van der Waals surface area (Å²) in [6, 6.07) is 0. The molecule has 0 spiro atoms. The maximum atomic E-state index is 10.2. The fraction of sp³-hybridized carbons (Fsp3) is 0. The van der Waals surface area contributed by atoms with Crippen LogP contribution < -0.4 is 618 Å². The van der Waals surface area contributed by atoms with Gasteiger partial charge in [-0.1, -0.05) is 54.8 Å². The first-order chi connectivity index (χ1) is 12.0. The molecule has 0 aromatic rings. The average Bonchev–Trinajstić information content (AvgIpc) is 1.94. The van der Waals surface area contributed by atoms with E-state index >= 15 is 0 Å². The molecule has 0 rings (SSSR count). The third-order valence-electron chi connectivity index (χ3n) is 0. The third kappa shape index (κ3) is 776. The molecule has 0 fully saturated rings. The van der Waals surface area contributed by atoms with Crippen LogP contribution in [-0.2, 0) is 0 Å². The molecule has 0 amide bonds. The van der Waals surface area contributed by atoms with Crippen molar-refractivity contribution in [2.45, 2.75) is 0 Å². The van der Waals surface area contributed by atoms with Crippen LogP contribution in [0.25, 0.3) is 0 Å². The van der Waals surface area contributed by atoms with Gasteiger partial charge in [0.05, 0.1) is 0 Å². The van der Waals surface area contributed by atoms with Crippen LogP contribution in [0.5, 0.6) is 0 Å². The van der Waals surface area contributed by atoms with Crippen LogP contribution in [0.2, 0.25) is 0 Å². The molecule has 0 N–H and O–H groups in total. The second kappa shape index (κ2) is 91.4. The van der Waals surface area contributed by atoms with E-state index < -0.39 is 54.8 Å². The standard InChI is InChI=1S/6FO3Si.18Na/c6*1-5(2,3)4;;;;;;;;;;;;;;;;;;/q6*-3;18*+1. The van der Waals surface area contributed by atoms with Crippen molar-refractivity contribution in [3.8, 4) is 0 Å². The van der Waals surface area contributed by atoms with Crippen molar-refractivity contribution < 1.29 is 643 Å². The molecule has 48 heteroatoms. The van der Waals surface area contributed by atoms with Crippen molar-refractivity contribution in [1.29, 1.82) is 0 Å². The van der Waals surface area contributed by atoms with Gasteiger partial charge in [0.1, 0.15) is 0 Å². The number of halogens is 6. The largest absolute Gasteiger partial charge is 1.00 e. The summed E-state index contributed by atoms with van der Waals surface area (Å²) < 4.78 is 61.0. The SMILES string of the molecule is [Na+].[Na+].[Na+].[Na+].[Na+].[Na+].[Na+].[Na+].[Na+].[Na+].[Na+].[Na+].[Na+].[Na+].[Na+].[Na+].[Na+].[Na+].[O-][Si]([O-])([O-])F.[O-][Si]([O-])([O-])F.[O-][Si]([O-])([O-])F.[O-][Si]([O-])([O-])F.[O-][Si]([O-])([O-])F.[O-][Si]([O-])([O-])F. The van der Waals surface area contributed by atoms with Crippen LogP contribution >= 0.6 is 0 Å². The Labute approximate surface area is 678 Å². The van der Waals surface area contributed by atoms with Crippen LogP contribution in [0.1, 0.15) is 0 Å². The van der Waals surface area contributed by atoms with E-state index in [-0.39, 0.29) is 532 Å². The molecule has 48 heavy (non-hydrogen) atoms. The summed E-state index contributed by atoms with van der Waals surface area (Å²) in [7, 11) is -35.2. The predicted molar refractivity (Wildman–Crippen MR) is 41.2 cm³/mol. The van der Waals surface area contributed by atoms with Crippen LogP contribution in [0.3, 0.4) is 0 Å². The number of hydrogen-bond donors (Lipinski definition) is 0.